The van der Waals surface area contributed by atoms with Gasteiger partial charge in [0.2, 0.25) is 5.95 Å². The first kappa shape index (κ1) is 18.8. The van der Waals surface area contributed by atoms with Crippen LogP contribution in [0.25, 0.3) is 11.3 Å². The van der Waals surface area contributed by atoms with Crippen molar-refractivity contribution in [1.29, 1.82) is 0 Å². The van der Waals surface area contributed by atoms with Gasteiger partial charge in [-0.15, -0.1) is 0 Å². The highest BCUT2D eigenvalue weighted by atomic mass is 19.1. The summed E-state index contributed by atoms with van der Waals surface area (Å²) in [5.41, 5.74) is 2.39. The molecule has 1 heterocycles. The van der Waals surface area contributed by atoms with Gasteiger partial charge in [0, 0.05) is 44.0 Å². The molecule has 0 aliphatic heterocycles. The molecule has 0 aliphatic carbocycles. The highest BCUT2D eigenvalue weighted by Crippen LogP contribution is 2.22. The lowest BCUT2D eigenvalue weighted by atomic mass is 10.1. The first-order chi connectivity index (χ1) is 13.3. The van der Waals surface area contributed by atoms with Gasteiger partial charge in [-0.3, -0.25) is 0 Å². The second-order valence-electron chi connectivity index (χ2n) is 6.05. The number of nitrogens with one attached hydrogen (secondary N) is 2. The van der Waals surface area contributed by atoms with Crippen LogP contribution in [0, 0.1) is 5.82 Å². The summed E-state index contributed by atoms with van der Waals surface area (Å²) in [6.07, 6.45) is 0.855. The van der Waals surface area contributed by atoms with Crippen LogP contribution in [0.15, 0.2) is 60.7 Å². The Kier molecular flexibility index (Phi) is 6.71. The summed E-state index contributed by atoms with van der Waals surface area (Å²) in [5.74, 6) is 0.935. The number of rotatable bonds is 9. The zero-order valence-electron chi connectivity index (χ0n) is 15.3. The van der Waals surface area contributed by atoms with Crippen molar-refractivity contribution in [1.82, 2.24) is 9.97 Å². The van der Waals surface area contributed by atoms with Crippen LogP contribution in [0.2, 0.25) is 0 Å². The third kappa shape index (κ3) is 5.49. The Morgan fingerprint density at radius 2 is 1.74 bits per heavy atom. The maximum atomic E-state index is 13.9. The van der Waals surface area contributed by atoms with Gasteiger partial charge in [-0.1, -0.05) is 48.5 Å². The highest BCUT2D eigenvalue weighted by molar-refractivity contribution is 5.64. The molecule has 0 aliphatic rings. The molecule has 0 saturated carbocycles. The molecule has 0 saturated heterocycles. The summed E-state index contributed by atoms with van der Waals surface area (Å²) in [6.45, 7) is 1.73. The minimum Gasteiger partial charge on any atom is -0.385 e. The monoisotopic (exact) mass is 366 g/mol. The van der Waals surface area contributed by atoms with E-state index in [9.17, 15) is 4.39 Å². The molecule has 5 nitrogen and oxygen atoms in total. The lowest BCUT2D eigenvalue weighted by molar-refractivity contribution is 0.197. The summed E-state index contributed by atoms with van der Waals surface area (Å²) in [5, 5.41) is 6.42. The molecule has 0 atom stereocenters. The summed E-state index contributed by atoms with van der Waals surface area (Å²) in [7, 11) is 1.68. The fourth-order valence-electron chi connectivity index (χ4n) is 2.62. The molecule has 2 aromatic carbocycles. The number of hydrogen-bond donors (Lipinski definition) is 2. The predicted molar refractivity (Wildman–Crippen MR) is 106 cm³/mol. The number of halogens is 1. The molecular weight excluding hydrogens is 343 g/mol. The standard InChI is InChI=1S/C21H23FN4O/c1-27-13-7-12-23-21-25-19(16-8-3-2-4-9-16)14-20(26-21)24-15-17-10-5-6-11-18(17)22/h2-6,8-11,14H,7,12-13,15H2,1H3,(H2,23,24,25,26). The van der Waals surface area contributed by atoms with Crippen LogP contribution in [0.5, 0.6) is 0 Å². The van der Waals surface area contributed by atoms with E-state index >= 15 is 0 Å². The van der Waals surface area contributed by atoms with Gasteiger partial charge in [-0.05, 0) is 12.5 Å². The number of hydrogen-bond acceptors (Lipinski definition) is 5. The molecule has 3 aromatic rings. The van der Waals surface area contributed by atoms with E-state index in [0.717, 1.165) is 17.7 Å². The molecular formula is C21H23FN4O. The van der Waals surface area contributed by atoms with Crippen molar-refractivity contribution in [2.45, 2.75) is 13.0 Å². The molecule has 0 amide bonds. The Balaban J connectivity index is 1.79. The van der Waals surface area contributed by atoms with Crippen molar-refractivity contribution in [3.63, 3.8) is 0 Å². The maximum absolute atomic E-state index is 13.9. The molecule has 140 valence electrons. The van der Waals surface area contributed by atoms with Crippen LogP contribution in [0.4, 0.5) is 16.2 Å². The Bertz CT molecular complexity index is 858. The minimum atomic E-state index is -0.236. The Morgan fingerprint density at radius 3 is 2.52 bits per heavy atom. The SMILES string of the molecule is COCCCNc1nc(NCc2ccccc2F)cc(-c2ccccc2)n1. The van der Waals surface area contributed by atoms with Crippen molar-refractivity contribution in [2.75, 3.05) is 30.9 Å². The summed E-state index contributed by atoms with van der Waals surface area (Å²) < 4.78 is 18.9. The molecule has 0 radical (unpaired) electrons. The fraction of sp³-hybridized carbons (Fsp3) is 0.238. The third-order valence-electron chi connectivity index (χ3n) is 4.02. The number of methoxy groups -OCH3 is 1. The number of anilines is 2. The lowest BCUT2D eigenvalue weighted by Crippen LogP contribution is -2.10. The van der Waals surface area contributed by atoms with Gasteiger partial charge in [-0.25, -0.2) is 9.37 Å². The molecule has 0 unspecified atom stereocenters. The van der Waals surface area contributed by atoms with E-state index in [1.165, 1.54) is 6.07 Å². The molecule has 3 rings (SSSR count). The average molecular weight is 366 g/mol. The lowest BCUT2D eigenvalue weighted by Gasteiger charge is -2.12. The minimum absolute atomic E-state index is 0.236. The highest BCUT2D eigenvalue weighted by Gasteiger charge is 2.08. The molecule has 1 aromatic heterocycles. The molecule has 2 N–H and O–H groups in total. The van der Waals surface area contributed by atoms with Crippen LogP contribution in [-0.4, -0.2) is 30.2 Å². The average Bonchev–Trinajstić information content (AvgIpc) is 2.71. The summed E-state index contributed by atoms with van der Waals surface area (Å²) in [6, 6.07) is 18.5. The molecule has 6 heteroatoms. The second-order valence-corrected chi connectivity index (χ2v) is 6.05. The van der Waals surface area contributed by atoms with E-state index < -0.39 is 0 Å². The predicted octanol–water partition coefficient (Wildman–Crippen LogP) is 4.34. The van der Waals surface area contributed by atoms with Crippen molar-refractivity contribution in [3.05, 3.63) is 72.0 Å². The molecule has 0 spiro atoms. The van der Waals surface area contributed by atoms with E-state index in [1.54, 1.807) is 19.2 Å². The van der Waals surface area contributed by atoms with Crippen molar-refractivity contribution in [3.8, 4) is 11.3 Å². The van der Waals surface area contributed by atoms with Gasteiger partial charge >= 0.3 is 0 Å². The first-order valence-electron chi connectivity index (χ1n) is 8.91. The van der Waals surface area contributed by atoms with Gasteiger partial charge in [0.05, 0.1) is 5.69 Å². The Labute approximate surface area is 158 Å². The second kappa shape index (κ2) is 9.64. The van der Waals surface area contributed by atoms with Gasteiger partial charge in [0.1, 0.15) is 11.6 Å². The van der Waals surface area contributed by atoms with E-state index in [2.05, 4.69) is 20.6 Å². The largest absolute Gasteiger partial charge is 0.385 e. The number of ether oxygens (including phenoxy) is 1. The summed E-state index contributed by atoms with van der Waals surface area (Å²) in [4.78, 5) is 9.10. The smallest absolute Gasteiger partial charge is 0.225 e. The van der Waals surface area contributed by atoms with Crippen molar-refractivity contribution in [2.24, 2.45) is 0 Å². The molecule has 27 heavy (non-hydrogen) atoms. The van der Waals surface area contributed by atoms with Crippen LogP contribution < -0.4 is 10.6 Å². The van der Waals surface area contributed by atoms with E-state index in [0.29, 0.717) is 37.0 Å². The Hall–Kier alpha value is -2.99. The van der Waals surface area contributed by atoms with Crippen LogP contribution >= 0.6 is 0 Å². The van der Waals surface area contributed by atoms with Gasteiger partial charge in [0.25, 0.3) is 0 Å². The van der Waals surface area contributed by atoms with Crippen LogP contribution in [-0.2, 0) is 11.3 Å². The third-order valence-corrected chi connectivity index (χ3v) is 4.02. The fourth-order valence-corrected chi connectivity index (χ4v) is 2.62. The normalized spacial score (nSPS) is 10.6. The van der Waals surface area contributed by atoms with Gasteiger partial charge in [0.15, 0.2) is 0 Å². The maximum Gasteiger partial charge on any atom is 0.225 e. The van der Waals surface area contributed by atoms with E-state index in [4.69, 9.17) is 4.74 Å². The topological polar surface area (TPSA) is 59.1 Å². The number of aromatic nitrogens is 2. The molecule has 0 fully saturated rings. The first-order valence-corrected chi connectivity index (χ1v) is 8.91. The number of benzene rings is 2. The van der Waals surface area contributed by atoms with Gasteiger partial charge in [-0.2, -0.15) is 4.98 Å². The van der Waals surface area contributed by atoms with Crippen molar-refractivity contribution < 1.29 is 9.13 Å². The molecule has 0 bridgehead atoms. The number of nitrogens with zero attached hydrogens (tertiary/aromatic N) is 2. The van der Waals surface area contributed by atoms with E-state index in [-0.39, 0.29) is 5.82 Å². The zero-order chi connectivity index (χ0) is 18.9. The summed E-state index contributed by atoms with van der Waals surface area (Å²) >= 11 is 0. The zero-order valence-corrected chi connectivity index (χ0v) is 15.3. The van der Waals surface area contributed by atoms with E-state index in [1.807, 2.05) is 42.5 Å². The van der Waals surface area contributed by atoms with Crippen LogP contribution in [0.1, 0.15) is 12.0 Å². The van der Waals surface area contributed by atoms with Crippen molar-refractivity contribution >= 4 is 11.8 Å². The van der Waals surface area contributed by atoms with Crippen LogP contribution in [0.3, 0.4) is 0 Å². The Morgan fingerprint density at radius 1 is 0.963 bits per heavy atom. The van der Waals surface area contributed by atoms with Gasteiger partial charge < -0.3 is 15.4 Å². The quantitative estimate of drug-likeness (QED) is 0.552.